The predicted octanol–water partition coefficient (Wildman–Crippen LogP) is 0.902. The highest BCUT2D eigenvalue weighted by Gasteiger charge is 2.30. The van der Waals surface area contributed by atoms with Crippen molar-refractivity contribution in [2.24, 2.45) is 14.1 Å². The van der Waals surface area contributed by atoms with Gasteiger partial charge in [-0.3, -0.25) is 18.7 Å². The van der Waals surface area contributed by atoms with Crippen molar-refractivity contribution in [1.29, 1.82) is 0 Å². The van der Waals surface area contributed by atoms with Gasteiger partial charge in [-0.15, -0.1) is 0 Å². The van der Waals surface area contributed by atoms with Crippen molar-refractivity contribution >= 4 is 16.9 Å². The average Bonchev–Trinajstić information content (AvgIpc) is 2.96. The Morgan fingerprint density at radius 2 is 1.85 bits per heavy atom. The van der Waals surface area contributed by atoms with Crippen molar-refractivity contribution in [3.8, 4) is 0 Å². The lowest BCUT2D eigenvalue weighted by Crippen LogP contribution is -2.42. The van der Waals surface area contributed by atoms with Gasteiger partial charge in [0.1, 0.15) is 11.4 Å². The summed E-state index contributed by atoms with van der Waals surface area (Å²) in [5, 5.41) is 7.05. The zero-order valence-corrected chi connectivity index (χ0v) is 16.1. The maximum absolute atomic E-state index is 12.8. The molecule has 3 aromatic rings. The van der Waals surface area contributed by atoms with Crippen molar-refractivity contribution in [3.05, 3.63) is 55.7 Å². The fourth-order valence-corrected chi connectivity index (χ4v) is 3.38. The molecule has 0 bridgehead atoms. The maximum Gasteiger partial charge on any atom is 0.332 e. The van der Waals surface area contributed by atoms with Crippen molar-refractivity contribution in [1.82, 2.24) is 24.6 Å². The van der Waals surface area contributed by atoms with E-state index in [0.717, 1.165) is 10.1 Å². The summed E-state index contributed by atoms with van der Waals surface area (Å²) in [4.78, 5) is 41.3. The van der Waals surface area contributed by atoms with Crippen LogP contribution < -0.4 is 16.6 Å². The van der Waals surface area contributed by atoms with Gasteiger partial charge >= 0.3 is 5.69 Å². The molecule has 9 heteroatoms. The number of hydrogen-bond donors (Lipinski definition) is 1. The summed E-state index contributed by atoms with van der Waals surface area (Å²) in [5.74, 6) is 0.226. The third-order valence-corrected chi connectivity index (χ3v) is 4.64. The van der Waals surface area contributed by atoms with Gasteiger partial charge in [0.2, 0.25) is 0 Å². The van der Waals surface area contributed by atoms with Crippen molar-refractivity contribution in [2.75, 3.05) is 0 Å². The molecule has 9 nitrogen and oxygen atoms in total. The molecule has 0 radical (unpaired) electrons. The minimum Gasteiger partial charge on any atom is -0.361 e. The van der Waals surface area contributed by atoms with Crippen LogP contribution in [0.2, 0.25) is 0 Å². The Morgan fingerprint density at radius 1 is 1.19 bits per heavy atom. The Labute approximate surface area is 154 Å². The van der Waals surface area contributed by atoms with Gasteiger partial charge < -0.3 is 9.84 Å². The van der Waals surface area contributed by atoms with E-state index in [2.05, 4.69) is 15.5 Å². The second kappa shape index (κ2) is 6.19. The third-order valence-electron chi connectivity index (χ3n) is 4.64. The van der Waals surface area contributed by atoms with Gasteiger partial charge in [-0.25, -0.2) is 9.78 Å². The van der Waals surface area contributed by atoms with E-state index in [-0.39, 0.29) is 16.6 Å². The summed E-state index contributed by atoms with van der Waals surface area (Å²) in [7, 11) is 2.91. The number of nitrogens with zero attached hydrogens (tertiary/aromatic N) is 4. The topological polar surface area (TPSA) is 112 Å². The molecule has 1 N–H and O–H groups in total. The molecule has 142 valence electrons. The van der Waals surface area contributed by atoms with Crippen molar-refractivity contribution in [3.63, 3.8) is 0 Å². The number of amides is 1. The van der Waals surface area contributed by atoms with Crippen molar-refractivity contribution < 1.29 is 9.32 Å². The molecule has 0 fully saturated rings. The van der Waals surface area contributed by atoms with Gasteiger partial charge in [0, 0.05) is 25.9 Å². The SMILES string of the molecule is Cc1noc(C)c1C(C)(C)NC(=O)c1cnc2c(c1)c(=O)n(C)c(=O)n2C. The largest absolute Gasteiger partial charge is 0.361 e. The zero-order valence-electron chi connectivity index (χ0n) is 16.1. The smallest absolute Gasteiger partial charge is 0.332 e. The standard InChI is InChI=1S/C18H21N5O4/c1-9-13(10(2)27-21-9)18(3,4)20-15(24)11-7-12-14(19-8-11)22(5)17(26)23(6)16(12)25/h7-8H,1-6H3,(H,20,24). The number of carbonyl (C=O) groups excluding carboxylic acids is 1. The summed E-state index contributed by atoms with van der Waals surface area (Å²) in [5.41, 5.74) is 0.218. The van der Waals surface area contributed by atoms with Crippen LogP contribution in [0.15, 0.2) is 26.4 Å². The van der Waals surface area contributed by atoms with Crippen LogP contribution in [-0.4, -0.2) is 25.2 Å². The maximum atomic E-state index is 12.8. The number of fused-ring (bicyclic) bond motifs is 1. The molecular formula is C18H21N5O4. The van der Waals surface area contributed by atoms with Gasteiger partial charge in [-0.1, -0.05) is 5.16 Å². The van der Waals surface area contributed by atoms with Gasteiger partial charge in [-0.05, 0) is 33.8 Å². The second-order valence-corrected chi connectivity index (χ2v) is 7.08. The quantitative estimate of drug-likeness (QED) is 0.732. The summed E-state index contributed by atoms with van der Waals surface area (Å²) in [6.45, 7) is 7.27. The van der Waals surface area contributed by atoms with E-state index in [9.17, 15) is 14.4 Å². The molecule has 0 atom stereocenters. The molecule has 0 aromatic carbocycles. The first kappa shape index (κ1) is 18.6. The predicted molar refractivity (Wildman–Crippen MR) is 98.7 cm³/mol. The molecule has 0 saturated carbocycles. The van der Waals surface area contributed by atoms with Gasteiger partial charge in [0.15, 0.2) is 0 Å². The van der Waals surface area contributed by atoms with Gasteiger partial charge in [-0.2, -0.15) is 0 Å². The summed E-state index contributed by atoms with van der Waals surface area (Å²) in [6, 6.07) is 1.45. The molecule has 1 amide bonds. The van der Waals surface area contributed by atoms with E-state index < -0.39 is 22.7 Å². The van der Waals surface area contributed by atoms with E-state index in [4.69, 9.17) is 4.52 Å². The molecule has 3 heterocycles. The van der Waals surface area contributed by atoms with Crippen LogP contribution in [0.3, 0.4) is 0 Å². The van der Waals surface area contributed by atoms with Crippen LogP contribution in [0.25, 0.3) is 11.0 Å². The Balaban J connectivity index is 2.04. The summed E-state index contributed by atoms with van der Waals surface area (Å²) in [6.07, 6.45) is 1.35. The van der Waals surface area contributed by atoms with Crippen LogP contribution in [0.5, 0.6) is 0 Å². The fraction of sp³-hybridized carbons (Fsp3) is 0.389. The first-order valence-electron chi connectivity index (χ1n) is 8.36. The molecule has 0 unspecified atom stereocenters. The molecule has 0 saturated heterocycles. The van der Waals surface area contributed by atoms with E-state index in [1.54, 1.807) is 6.92 Å². The number of rotatable bonds is 3. The van der Waals surface area contributed by atoms with Gasteiger partial charge in [0.25, 0.3) is 11.5 Å². The second-order valence-electron chi connectivity index (χ2n) is 7.08. The molecule has 0 aliphatic rings. The number of aromatic nitrogens is 4. The van der Waals surface area contributed by atoms with E-state index in [1.165, 1.54) is 30.9 Å². The highest BCUT2D eigenvalue weighted by molar-refractivity contribution is 5.97. The average molecular weight is 371 g/mol. The number of aryl methyl sites for hydroxylation is 3. The van der Waals surface area contributed by atoms with Crippen LogP contribution in [0.1, 0.15) is 41.2 Å². The molecule has 3 aromatic heterocycles. The monoisotopic (exact) mass is 371 g/mol. The molecule has 0 aliphatic carbocycles. The Morgan fingerprint density at radius 3 is 2.44 bits per heavy atom. The summed E-state index contributed by atoms with van der Waals surface area (Å²) < 4.78 is 7.45. The summed E-state index contributed by atoms with van der Waals surface area (Å²) >= 11 is 0. The minimum atomic E-state index is -0.741. The normalized spacial score (nSPS) is 11.8. The molecular weight excluding hydrogens is 350 g/mol. The minimum absolute atomic E-state index is 0.197. The first-order chi connectivity index (χ1) is 12.5. The molecule has 3 rings (SSSR count). The number of carbonyl (C=O) groups is 1. The highest BCUT2D eigenvalue weighted by atomic mass is 16.5. The van der Waals surface area contributed by atoms with Crippen LogP contribution in [0.4, 0.5) is 0 Å². The van der Waals surface area contributed by atoms with E-state index >= 15 is 0 Å². The van der Waals surface area contributed by atoms with Crippen molar-refractivity contribution in [2.45, 2.75) is 33.2 Å². The highest BCUT2D eigenvalue weighted by Crippen LogP contribution is 2.27. The Hall–Kier alpha value is -3.23. The lowest BCUT2D eigenvalue weighted by Gasteiger charge is -2.26. The molecule has 27 heavy (non-hydrogen) atoms. The fourth-order valence-electron chi connectivity index (χ4n) is 3.38. The van der Waals surface area contributed by atoms with Crippen LogP contribution in [-0.2, 0) is 19.6 Å². The number of nitrogens with one attached hydrogen (secondary N) is 1. The van der Waals surface area contributed by atoms with Crippen LogP contribution >= 0.6 is 0 Å². The number of pyridine rings is 1. The van der Waals surface area contributed by atoms with E-state index in [0.29, 0.717) is 11.5 Å². The lowest BCUT2D eigenvalue weighted by molar-refractivity contribution is 0.0911. The Kier molecular flexibility index (Phi) is 4.25. The Bertz CT molecular complexity index is 1160. The third kappa shape index (κ3) is 2.94. The number of hydrogen-bond acceptors (Lipinski definition) is 6. The van der Waals surface area contributed by atoms with E-state index in [1.807, 2.05) is 20.8 Å². The zero-order chi connectivity index (χ0) is 20.1. The molecule has 0 aliphatic heterocycles. The first-order valence-corrected chi connectivity index (χ1v) is 8.36. The van der Waals surface area contributed by atoms with Crippen LogP contribution in [0, 0.1) is 13.8 Å². The lowest BCUT2D eigenvalue weighted by atomic mass is 9.92. The molecule has 0 spiro atoms. The van der Waals surface area contributed by atoms with Gasteiger partial charge in [0.05, 0.1) is 22.2 Å².